The van der Waals surface area contributed by atoms with Crippen LogP contribution in [0, 0.1) is 0 Å². The van der Waals surface area contributed by atoms with Crippen molar-refractivity contribution in [2.75, 3.05) is 0 Å². The number of rotatable bonds is 4. The Kier molecular flexibility index (Phi) is 3.78. The Balaban J connectivity index is 1.87. The van der Waals surface area contributed by atoms with E-state index in [1.807, 2.05) is 0 Å². The molecule has 2 aromatic heterocycles. The molecule has 3 rings (SSSR count). The first-order chi connectivity index (χ1) is 10.6. The third kappa shape index (κ3) is 2.93. The maximum absolute atomic E-state index is 12.3. The van der Waals surface area contributed by atoms with Crippen molar-refractivity contribution in [3.05, 3.63) is 64.8 Å². The number of pyridine rings is 1. The van der Waals surface area contributed by atoms with Gasteiger partial charge in [-0.05, 0) is 29.8 Å². The van der Waals surface area contributed by atoms with Crippen LogP contribution in [0.4, 0.5) is 8.78 Å². The van der Waals surface area contributed by atoms with E-state index in [1.54, 1.807) is 30.5 Å². The Hall–Kier alpha value is -2.83. The largest absolute Gasteiger partial charge is 0.435 e. The molecular formula is C15H11F2N3O2. The summed E-state index contributed by atoms with van der Waals surface area (Å²) in [7, 11) is 0. The standard InChI is InChI=1S/C15H11F2N3O2/c16-15(17)22-11-5-3-10(4-6-11)8-20-9-19-13-12(14(20)21)2-1-7-18-13/h1-7,9,15H,8H2. The highest BCUT2D eigenvalue weighted by atomic mass is 19.3. The fourth-order valence-electron chi connectivity index (χ4n) is 2.08. The van der Waals surface area contributed by atoms with Crippen molar-refractivity contribution >= 4 is 11.0 Å². The van der Waals surface area contributed by atoms with Crippen LogP contribution in [-0.4, -0.2) is 21.1 Å². The third-order valence-electron chi connectivity index (χ3n) is 3.10. The molecule has 0 N–H and O–H groups in total. The number of halogens is 2. The zero-order chi connectivity index (χ0) is 15.5. The molecule has 0 fully saturated rings. The predicted octanol–water partition coefficient (Wildman–Crippen LogP) is 2.44. The molecule has 7 heteroatoms. The van der Waals surface area contributed by atoms with Crippen molar-refractivity contribution in [2.24, 2.45) is 0 Å². The van der Waals surface area contributed by atoms with E-state index in [-0.39, 0.29) is 17.9 Å². The summed E-state index contributed by atoms with van der Waals surface area (Å²) >= 11 is 0. The molecule has 0 amide bonds. The van der Waals surface area contributed by atoms with Gasteiger partial charge in [0.15, 0.2) is 5.65 Å². The van der Waals surface area contributed by atoms with Crippen LogP contribution < -0.4 is 10.3 Å². The summed E-state index contributed by atoms with van der Waals surface area (Å²) in [6.45, 7) is -2.57. The van der Waals surface area contributed by atoms with Gasteiger partial charge in [0.05, 0.1) is 11.9 Å². The minimum atomic E-state index is -2.86. The van der Waals surface area contributed by atoms with Crippen LogP contribution in [0.2, 0.25) is 0 Å². The second-order valence-corrected chi connectivity index (χ2v) is 4.57. The first-order valence-electron chi connectivity index (χ1n) is 6.47. The van der Waals surface area contributed by atoms with Crippen LogP contribution in [0.1, 0.15) is 5.56 Å². The number of nitrogens with zero attached hydrogens (tertiary/aromatic N) is 3. The molecule has 5 nitrogen and oxygen atoms in total. The Bertz CT molecular complexity index is 847. The smallest absolute Gasteiger partial charge is 0.387 e. The number of hydrogen-bond acceptors (Lipinski definition) is 4. The molecule has 0 aliphatic rings. The van der Waals surface area contributed by atoms with Gasteiger partial charge in [0.25, 0.3) is 5.56 Å². The van der Waals surface area contributed by atoms with Gasteiger partial charge in [-0.15, -0.1) is 0 Å². The monoisotopic (exact) mass is 303 g/mol. The molecule has 0 atom stereocenters. The molecule has 0 saturated heterocycles. The number of benzene rings is 1. The van der Waals surface area contributed by atoms with Gasteiger partial charge in [0, 0.05) is 6.20 Å². The van der Waals surface area contributed by atoms with E-state index in [9.17, 15) is 13.6 Å². The van der Waals surface area contributed by atoms with Crippen molar-refractivity contribution in [1.82, 2.24) is 14.5 Å². The summed E-state index contributed by atoms with van der Waals surface area (Å²) in [4.78, 5) is 20.4. The van der Waals surface area contributed by atoms with Gasteiger partial charge >= 0.3 is 6.61 Å². The lowest BCUT2D eigenvalue weighted by Gasteiger charge is -2.08. The maximum Gasteiger partial charge on any atom is 0.387 e. The molecule has 0 aliphatic heterocycles. The van der Waals surface area contributed by atoms with E-state index in [0.717, 1.165) is 5.56 Å². The Morgan fingerprint density at radius 2 is 1.91 bits per heavy atom. The molecular weight excluding hydrogens is 292 g/mol. The summed E-state index contributed by atoms with van der Waals surface area (Å²) in [6.07, 6.45) is 2.99. The molecule has 22 heavy (non-hydrogen) atoms. The second-order valence-electron chi connectivity index (χ2n) is 4.57. The first-order valence-corrected chi connectivity index (χ1v) is 6.47. The van der Waals surface area contributed by atoms with Gasteiger partial charge in [0.2, 0.25) is 0 Å². The van der Waals surface area contributed by atoms with Gasteiger partial charge in [-0.3, -0.25) is 9.36 Å². The van der Waals surface area contributed by atoms with Crippen LogP contribution >= 0.6 is 0 Å². The van der Waals surface area contributed by atoms with Crippen LogP contribution in [0.5, 0.6) is 5.75 Å². The molecule has 2 heterocycles. The molecule has 0 spiro atoms. The normalized spacial score (nSPS) is 11.0. The Morgan fingerprint density at radius 3 is 2.64 bits per heavy atom. The summed E-state index contributed by atoms with van der Waals surface area (Å²) < 4.78 is 29.9. The minimum absolute atomic E-state index is 0.0759. The quantitative estimate of drug-likeness (QED) is 0.743. The lowest BCUT2D eigenvalue weighted by molar-refractivity contribution is -0.0498. The predicted molar refractivity (Wildman–Crippen MR) is 76.0 cm³/mol. The highest BCUT2D eigenvalue weighted by Gasteiger charge is 2.06. The summed E-state index contributed by atoms with van der Waals surface area (Å²) in [5.74, 6) is 0.0759. The fourth-order valence-corrected chi connectivity index (χ4v) is 2.08. The van der Waals surface area contributed by atoms with Crippen molar-refractivity contribution < 1.29 is 13.5 Å². The van der Waals surface area contributed by atoms with Crippen LogP contribution in [-0.2, 0) is 6.54 Å². The SMILES string of the molecule is O=c1c2cccnc2ncn1Cc1ccc(OC(F)F)cc1. The highest BCUT2D eigenvalue weighted by molar-refractivity contribution is 5.72. The van der Waals surface area contributed by atoms with Gasteiger partial charge in [-0.25, -0.2) is 9.97 Å². The molecule has 3 aromatic rings. The average molecular weight is 303 g/mol. The number of hydrogen-bond donors (Lipinski definition) is 0. The molecule has 0 saturated carbocycles. The summed E-state index contributed by atoms with van der Waals surface area (Å²) in [5.41, 5.74) is 0.962. The van der Waals surface area contributed by atoms with Crippen molar-refractivity contribution in [2.45, 2.75) is 13.2 Å². The number of alkyl halides is 2. The average Bonchev–Trinajstić information content (AvgIpc) is 2.52. The van der Waals surface area contributed by atoms with Crippen molar-refractivity contribution in [3.8, 4) is 5.75 Å². The van der Waals surface area contributed by atoms with Gasteiger partial charge < -0.3 is 4.74 Å². The zero-order valence-corrected chi connectivity index (χ0v) is 11.3. The van der Waals surface area contributed by atoms with Crippen molar-refractivity contribution in [1.29, 1.82) is 0 Å². The number of aromatic nitrogens is 3. The van der Waals surface area contributed by atoms with E-state index in [0.29, 0.717) is 11.0 Å². The topological polar surface area (TPSA) is 57.0 Å². The minimum Gasteiger partial charge on any atom is -0.435 e. The van der Waals surface area contributed by atoms with E-state index in [2.05, 4.69) is 14.7 Å². The van der Waals surface area contributed by atoms with Gasteiger partial charge in [0.1, 0.15) is 12.1 Å². The lowest BCUT2D eigenvalue weighted by atomic mass is 10.2. The third-order valence-corrected chi connectivity index (χ3v) is 3.10. The van der Waals surface area contributed by atoms with Crippen LogP contribution in [0.15, 0.2) is 53.7 Å². The van der Waals surface area contributed by atoms with Crippen LogP contribution in [0.25, 0.3) is 11.0 Å². The molecule has 1 aromatic carbocycles. The van der Waals surface area contributed by atoms with Gasteiger partial charge in [-0.1, -0.05) is 12.1 Å². The lowest BCUT2D eigenvalue weighted by Crippen LogP contribution is -2.21. The molecule has 0 radical (unpaired) electrons. The van der Waals surface area contributed by atoms with Gasteiger partial charge in [-0.2, -0.15) is 8.78 Å². The zero-order valence-electron chi connectivity index (χ0n) is 11.3. The number of fused-ring (bicyclic) bond motifs is 1. The summed E-state index contributed by atoms with van der Waals surface area (Å²) in [5, 5.41) is 0.433. The fraction of sp³-hybridized carbons (Fsp3) is 0.133. The van der Waals surface area contributed by atoms with E-state index in [1.165, 1.54) is 23.0 Å². The number of ether oxygens (including phenoxy) is 1. The highest BCUT2D eigenvalue weighted by Crippen LogP contribution is 2.15. The Morgan fingerprint density at radius 1 is 1.14 bits per heavy atom. The van der Waals surface area contributed by atoms with E-state index < -0.39 is 6.61 Å². The van der Waals surface area contributed by atoms with E-state index >= 15 is 0 Å². The molecule has 0 bridgehead atoms. The first kappa shape index (κ1) is 14.1. The van der Waals surface area contributed by atoms with E-state index in [4.69, 9.17) is 0 Å². The molecule has 0 unspecified atom stereocenters. The Labute approximate surface area is 123 Å². The van der Waals surface area contributed by atoms with Crippen LogP contribution in [0.3, 0.4) is 0 Å². The molecule has 112 valence electrons. The second kappa shape index (κ2) is 5.88. The maximum atomic E-state index is 12.3. The molecule has 0 aliphatic carbocycles. The summed E-state index contributed by atoms with van der Waals surface area (Å²) in [6, 6.07) is 9.44. The van der Waals surface area contributed by atoms with Crippen molar-refractivity contribution in [3.63, 3.8) is 0 Å².